The molecule has 26 heavy (non-hydrogen) atoms. The molecule has 0 unspecified atom stereocenters. The summed E-state index contributed by atoms with van der Waals surface area (Å²) in [6, 6.07) is 2.39. The Bertz CT molecular complexity index is 800. The molecule has 0 aliphatic rings. The molecule has 2 N–H and O–H groups in total. The minimum absolute atomic E-state index is 0.0783. The van der Waals surface area contributed by atoms with E-state index >= 15 is 0 Å². The van der Waals surface area contributed by atoms with E-state index in [1.807, 2.05) is 0 Å². The highest BCUT2D eigenvalue weighted by Gasteiger charge is 2.30. The predicted molar refractivity (Wildman–Crippen MR) is 82.9 cm³/mol. The number of carboxylic acid groups (broad SMARTS) is 1. The van der Waals surface area contributed by atoms with Crippen LogP contribution < -0.4 is 10.1 Å². The number of anilines is 1. The molecule has 0 aliphatic heterocycles. The number of amides is 1. The van der Waals surface area contributed by atoms with Crippen LogP contribution in [0, 0.1) is 0 Å². The number of hydrogen-bond donors (Lipinski definition) is 2. The third kappa shape index (κ3) is 4.71. The van der Waals surface area contributed by atoms with Gasteiger partial charge in [-0.1, -0.05) is 0 Å². The third-order valence-electron chi connectivity index (χ3n) is 3.32. The minimum atomic E-state index is -4.48. The Balaban J connectivity index is 2.02. The average Bonchev–Trinajstić information content (AvgIpc) is 3.01. The summed E-state index contributed by atoms with van der Waals surface area (Å²) in [6.45, 7) is 1.40. The molecule has 0 fully saturated rings. The number of carboxylic acids is 1. The number of halogens is 3. The predicted octanol–water partition coefficient (Wildman–Crippen LogP) is 2.29. The number of pyridine rings is 1. The number of rotatable bonds is 6. The number of carbonyl (C=O) groups is 2. The Morgan fingerprint density at radius 2 is 1.96 bits per heavy atom. The summed E-state index contributed by atoms with van der Waals surface area (Å²) in [6.07, 6.45) is -0.800. The van der Waals surface area contributed by atoms with Gasteiger partial charge in [-0.3, -0.25) is 9.48 Å². The van der Waals surface area contributed by atoms with Gasteiger partial charge >= 0.3 is 12.1 Å². The maximum atomic E-state index is 12.1. The van der Waals surface area contributed by atoms with Crippen molar-refractivity contribution in [2.24, 2.45) is 0 Å². The topological polar surface area (TPSA) is 106 Å². The molecule has 0 aromatic carbocycles. The normalized spacial score (nSPS) is 11.9. The zero-order valence-corrected chi connectivity index (χ0v) is 13.7. The summed E-state index contributed by atoms with van der Waals surface area (Å²) in [5.41, 5.74) is -0.974. The van der Waals surface area contributed by atoms with Crippen molar-refractivity contribution in [3.63, 3.8) is 0 Å². The average molecular weight is 372 g/mol. The van der Waals surface area contributed by atoms with Crippen molar-refractivity contribution in [2.45, 2.75) is 25.6 Å². The van der Waals surface area contributed by atoms with E-state index in [0.29, 0.717) is 0 Å². The van der Waals surface area contributed by atoms with Gasteiger partial charge in [-0.2, -0.15) is 18.3 Å². The molecular formula is C15H15F3N4O4. The maximum Gasteiger partial charge on any atom is 0.422 e. The highest BCUT2D eigenvalue weighted by atomic mass is 19.4. The summed E-state index contributed by atoms with van der Waals surface area (Å²) in [5, 5.41) is 15.5. The number of hydrogen-bond acceptors (Lipinski definition) is 5. The van der Waals surface area contributed by atoms with Gasteiger partial charge in [-0.05, 0) is 19.9 Å². The van der Waals surface area contributed by atoms with Crippen molar-refractivity contribution < 1.29 is 32.6 Å². The number of alkyl halides is 3. The van der Waals surface area contributed by atoms with Gasteiger partial charge in [-0.15, -0.1) is 0 Å². The number of nitrogens with one attached hydrogen (secondary N) is 1. The Kier molecular flexibility index (Phi) is 5.19. The third-order valence-corrected chi connectivity index (χ3v) is 3.32. The van der Waals surface area contributed by atoms with E-state index in [-0.39, 0.29) is 17.1 Å². The molecule has 8 nitrogen and oxygen atoms in total. The monoisotopic (exact) mass is 372 g/mol. The lowest BCUT2D eigenvalue weighted by Crippen LogP contribution is -2.35. The van der Waals surface area contributed by atoms with Crippen LogP contribution in [0.5, 0.6) is 5.88 Å². The molecule has 2 aromatic heterocycles. The van der Waals surface area contributed by atoms with Crippen LogP contribution in [0.25, 0.3) is 0 Å². The van der Waals surface area contributed by atoms with Crippen LogP contribution in [0.4, 0.5) is 18.9 Å². The maximum absolute atomic E-state index is 12.1. The molecular weight excluding hydrogens is 357 g/mol. The smallest absolute Gasteiger partial charge is 0.422 e. The standard InChI is InChI=1S/C15H15F3N4O4/c1-14(2,13(24)25)22-7-10(6-20-22)21-12(23)9-3-4-11(19-5-9)26-8-15(16,17)18/h3-7H,8H2,1-2H3,(H,21,23)(H,24,25). The van der Waals surface area contributed by atoms with E-state index in [9.17, 15) is 22.8 Å². The molecule has 11 heteroatoms. The molecule has 0 atom stereocenters. The Morgan fingerprint density at radius 1 is 1.27 bits per heavy atom. The van der Waals surface area contributed by atoms with E-state index in [1.165, 1.54) is 37.0 Å². The van der Waals surface area contributed by atoms with Gasteiger partial charge in [0.15, 0.2) is 12.1 Å². The van der Waals surface area contributed by atoms with Crippen molar-refractivity contribution in [1.29, 1.82) is 0 Å². The molecule has 2 heterocycles. The fourth-order valence-electron chi connectivity index (χ4n) is 1.75. The molecule has 2 rings (SSSR count). The van der Waals surface area contributed by atoms with Crippen LogP contribution >= 0.6 is 0 Å². The number of ether oxygens (including phenoxy) is 1. The van der Waals surface area contributed by atoms with Crippen LogP contribution in [0.15, 0.2) is 30.7 Å². The summed E-state index contributed by atoms with van der Waals surface area (Å²) in [5.74, 6) is -1.96. The highest BCUT2D eigenvalue weighted by molar-refractivity contribution is 6.03. The zero-order valence-electron chi connectivity index (χ0n) is 13.7. The second-order valence-corrected chi connectivity index (χ2v) is 5.78. The number of nitrogens with zero attached hydrogens (tertiary/aromatic N) is 3. The Labute approximate surface area is 145 Å². The first-order chi connectivity index (χ1) is 12.0. The van der Waals surface area contributed by atoms with Crippen LogP contribution in [0.3, 0.4) is 0 Å². The lowest BCUT2D eigenvalue weighted by Gasteiger charge is -2.19. The summed E-state index contributed by atoms with van der Waals surface area (Å²) in [7, 11) is 0. The molecule has 140 valence electrons. The lowest BCUT2D eigenvalue weighted by atomic mass is 10.1. The van der Waals surface area contributed by atoms with Crippen LogP contribution in [0.2, 0.25) is 0 Å². The minimum Gasteiger partial charge on any atom is -0.479 e. The number of aliphatic carboxylic acids is 1. The molecule has 2 aromatic rings. The van der Waals surface area contributed by atoms with Crippen LogP contribution in [0.1, 0.15) is 24.2 Å². The first-order valence-electron chi connectivity index (χ1n) is 7.24. The van der Waals surface area contributed by atoms with E-state index in [1.54, 1.807) is 0 Å². The molecule has 1 amide bonds. The van der Waals surface area contributed by atoms with E-state index in [0.717, 1.165) is 12.3 Å². The van der Waals surface area contributed by atoms with E-state index in [4.69, 9.17) is 5.11 Å². The summed E-state index contributed by atoms with van der Waals surface area (Å²) < 4.78 is 41.8. The second kappa shape index (κ2) is 7.02. The fraction of sp³-hybridized carbons (Fsp3) is 0.333. The molecule has 0 bridgehead atoms. The van der Waals surface area contributed by atoms with Crippen molar-refractivity contribution in [3.8, 4) is 5.88 Å². The molecule has 0 spiro atoms. The van der Waals surface area contributed by atoms with Crippen LogP contribution in [-0.2, 0) is 10.3 Å². The fourth-order valence-corrected chi connectivity index (χ4v) is 1.75. The van der Waals surface area contributed by atoms with Crippen molar-refractivity contribution in [3.05, 3.63) is 36.3 Å². The van der Waals surface area contributed by atoms with Gasteiger partial charge < -0.3 is 15.2 Å². The Morgan fingerprint density at radius 3 is 2.50 bits per heavy atom. The van der Waals surface area contributed by atoms with Gasteiger partial charge in [0.1, 0.15) is 0 Å². The lowest BCUT2D eigenvalue weighted by molar-refractivity contribution is -0.154. The highest BCUT2D eigenvalue weighted by Crippen LogP contribution is 2.19. The van der Waals surface area contributed by atoms with Gasteiger partial charge in [0.2, 0.25) is 5.88 Å². The number of aromatic nitrogens is 3. The van der Waals surface area contributed by atoms with Gasteiger partial charge in [0, 0.05) is 18.5 Å². The van der Waals surface area contributed by atoms with Crippen molar-refractivity contribution in [2.75, 3.05) is 11.9 Å². The summed E-state index contributed by atoms with van der Waals surface area (Å²) in [4.78, 5) is 26.9. The Hall–Kier alpha value is -3.11. The van der Waals surface area contributed by atoms with E-state index < -0.39 is 30.2 Å². The molecule has 0 radical (unpaired) electrons. The van der Waals surface area contributed by atoms with Gasteiger partial charge in [0.25, 0.3) is 5.91 Å². The van der Waals surface area contributed by atoms with Crippen molar-refractivity contribution >= 4 is 17.6 Å². The molecule has 0 saturated heterocycles. The molecule has 0 saturated carbocycles. The van der Waals surface area contributed by atoms with Crippen molar-refractivity contribution in [1.82, 2.24) is 14.8 Å². The first-order valence-corrected chi connectivity index (χ1v) is 7.24. The molecule has 0 aliphatic carbocycles. The number of carbonyl (C=O) groups excluding carboxylic acids is 1. The van der Waals surface area contributed by atoms with Gasteiger partial charge in [-0.25, -0.2) is 9.78 Å². The van der Waals surface area contributed by atoms with Gasteiger partial charge in [0.05, 0.1) is 17.4 Å². The quantitative estimate of drug-likeness (QED) is 0.806. The first kappa shape index (κ1) is 19.2. The van der Waals surface area contributed by atoms with E-state index in [2.05, 4.69) is 20.1 Å². The zero-order chi connectivity index (χ0) is 19.5. The SMILES string of the molecule is CC(C)(C(=O)O)n1cc(NC(=O)c2ccc(OCC(F)(F)F)nc2)cn1. The second-order valence-electron chi connectivity index (χ2n) is 5.78. The summed E-state index contributed by atoms with van der Waals surface area (Å²) >= 11 is 0. The van der Waals surface area contributed by atoms with Crippen LogP contribution in [-0.4, -0.2) is 44.5 Å². The largest absolute Gasteiger partial charge is 0.479 e.